The minimum atomic E-state index is 0.706. The summed E-state index contributed by atoms with van der Waals surface area (Å²) >= 11 is 0. The number of hydrogen-bond acceptors (Lipinski definition) is 2. The molecule has 0 radical (unpaired) electrons. The van der Waals surface area contributed by atoms with E-state index in [2.05, 4.69) is 217 Å². The van der Waals surface area contributed by atoms with Gasteiger partial charge in [-0.15, -0.1) is 0 Å². The zero-order valence-corrected chi connectivity index (χ0v) is 32.0. The molecule has 0 saturated heterocycles. The lowest BCUT2D eigenvalue weighted by atomic mass is 9.94. The van der Waals surface area contributed by atoms with E-state index in [1.807, 2.05) is 0 Å². The summed E-state index contributed by atoms with van der Waals surface area (Å²) in [6.45, 7) is 0. The number of nitrogens with zero attached hydrogens (tertiary/aromatic N) is 3. The Morgan fingerprint density at radius 2 is 0.915 bits per heavy atom. The van der Waals surface area contributed by atoms with Gasteiger partial charge in [-0.2, -0.15) is 0 Å². The Morgan fingerprint density at radius 3 is 1.76 bits per heavy atom. The van der Waals surface area contributed by atoms with Gasteiger partial charge in [0.05, 0.1) is 27.9 Å². The van der Waals surface area contributed by atoms with Crippen molar-refractivity contribution < 1.29 is 0 Å². The molecule has 0 unspecified atom stereocenters. The summed E-state index contributed by atoms with van der Waals surface area (Å²) in [4.78, 5) is 10.7. The van der Waals surface area contributed by atoms with E-state index in [9.17, 15) is 0 Å². The molecule has 12 aromatic rings. The van der Waals surface area contributed by atoms with Gasteiger partial charge in [0.15, 0.2) is 5.82 Å². The number of para-hydroxylation sites is 1. The highest BCUT2D eigenvalue weighted by molar-refractivity contribution is 6.30. The average molecular weight is 750 g/mol. The molecule has 10 aromatic carbocycles. The van der Waals surface area contributed by atoms with Gasteiger partial charge in [-0.3, -0.25) is 0 Å². The molecule has 3 nitrogen and oxygen atoms in total. The number of fused-ring (bicyclic) bond motifs is 9. The van der Waals surface area contributed by atoms with Crippen molar-refractivity contribution in [1.29, 1.82) is 0 Å². The van der Waals surface area contributed by atoms with Gasteiger partial charge < -0.3 is 4.57 Å². The molecule has 0 saturated carbocycles. The van der Waals surface area contributed by atoms with E-state index >= 15 is 0 Å². The first-order valence-electron chi connectivity index (χ1n) is 20.2. The fourth-order valence-corrected chi connectivity index (χ4v) is 9.33. The number of rotatable bonds is 5. The second-order valence-electron chi connectivity index (χ2n) is 15.3. The first kappa shape index (κ1) is 33.3. The van der Waals surface area contributed by atoms with E-state index < -0.39 is 0 Å². The van der Waals surface area contributed by atoms with Crippen LogP contribution in [0.5, 0.6) is 0 Å². The average Bonchev–Trinajstić information content (AvgIpc) is 3.66. The van der Waals surface area contributed by atoms with Gasteiger partial charge >= 0.3 is 0 Å². The molecule has 0 amide bonds. The number of hydrogen-bond donors (Lipinski definition) is 0. The molecule has 0 N–H and O–H groups in total. The highest BCUT2D eigenvalue weighted by Gasteiger charge is 2.22. The Labute approximate surface area is 341 Å². The Bertz CT molecular complexity index is 3600. The zero-order valence-electron chi connectivity index (χ0n) is 32.0. The molecular formula is C56H35N3. The van der Waals surface area contributed by atoms with E-state index in [4.69, 9.17) is 9.97 Å². The van der Waals surface area contributed by atoms with E-state index in [0.717, 1.165) is 49.7 Å². The summed E-state index contributed by atoms with van der Waals surface area (Å²) in [6.07, 6.45) is 0. The Kier molecular flexibility index (Phi) is 7.54. The summed E-state index contributed by atoms with van der Waals surface area (Å²) in [6, 6.07) is 76.2. The van der Waals surface area contributed by atoms with Crippen LogP contribution < -0.4 is 0 Å². The maximum Gasteiger partial charge on any atom is 0.161 e. The molecule has 0 fully saturated rings. The van der Waals surface area contributed by atoms with Crippen LogP contribution in [0.15, 0.2) is 212 Å². The highest BCUT2D eigenvalue weighted by atomic mass is 15.0. The van der Waals surface area contributed by atoms with Crippen LogP contribution in [0.4, 0.5) is 0 Å². The molecule has 2 heterocycles. The summed E-state index contributed by atoms with van der Waals surface area (Å²) in [5.74, 6) is 0.706. The third-order valence-corrected chi connectivity index (χ3v) is 12.0. The molecule has 0 atom stereocenters. The van der Waals surface area contributed by atoms with Gasteiger partial charge in [-0.05, 0) is 79.5 Å². The SMILES string of the molecule is c1ccc(-c2cccc(-c3nc(-c4cccc5c(-n6c7ccc8ccccc8c7c7c8ccccc8c(-c8ccccc8)cc76)cccc45)nc4ccccc34)c2)cc1. The molecule has 59 heavy (non-hydrogen) atoms. The minimum Gasteiger partial charge on any atom is -0.309 e. The lowest BCUT2D eigenvalue weighted by Crippen LogP contribution is -1.98. The van der Waals surface area contributed by atoms with E-state index in [1.54, 1.807) is 0 Å². The molecule has 2 aromatic heterocycles. The van der Waals surface area contributed by atoms with Gasteiger partial charge in [0, 0.05) is 32.7 Å². The van der Waals surface area contributed by atoms with Gasteiger partial charge in [-0.25, -0.2) is 9.97 Å². The van der Waals surface area contributed by atoms with Crippen molar-refractivity contribution in [2.45, 2.75) is 0 Å². The molecule has 0 aliphatic carbocycles. The van der Waals surface area contributed by atoms with Crippen molar-refractivity contribution >= 4 is 65.0 Å². The van der Waals surface area contributed by atoms with Crippen molar-refractivity contribution in [3.8, 4) is 50.6 Å². The van der Waals surface area contributed by atoms with Crippen LogP contribution >= 0.6 is 0 Å². The summed E-state index contributed by atoms with van der Waals surface area (Å²) in [7, 11) is 0. The second-order valence-corrected chi connectivity index (χ2v) is 15.3. The standard InChI is InChI=1S/C56H35N3/c1-3-16-36(17-4-1)39-21-13-22-40(34-39)55-47-26-11-12-30-49(47)57-56(58-55)46-29-14-28-44-42(46)27-15-31-50(44)59-51-33-32-38-20-7-8-23-41(38)53(51)54-45-25-10-9-24-43(45)48(35-52(54)59)37-18-5-2-6-19-37/h1-35H. The Hall–Kier alpha value is -7.88. The third kappa shape index (κ3) is 5.29. The number of aromatic nitrogens is 3. The van der Waals surface area contributed by atoms with Gasteiger partial charge in [0.1, 0.15) is 0 Å². The number of benzene rings is 10. The minimum absolute atomic E-state index is 0.706. The third-order valence-electron chi connectivity index (χ3n) is 12.0. The predicted molar refractivity (Wildman–Crippen MR) is 248 cm³/mol. The Morgan fingerprint density at radius 1 is 0.322 bits per heavy atom. The molecule has 12 rings (SSSR count). The highest BCUT2D eigenvalue weighted by Crippen LogP contribution is 2.45. The van der Waals surface area contributed by atoms with Crippen LogP contribution in [0.25, 0.3) is 116 Å². The fraction of sp³-hybridized carbons (Fsp3) is 0. The van der Waals surface area contributed by atoms with Crippen LogP contribution in [0, 0.1) is 0 Å². The summed E-state index contributed by atoms with van der Waals surface area (Å²) in [5.41, 5.74) is 12.1. The fourth-order valence-electron chi connectivity index (χ4n) is 9.33. The van der Waals surface area contributed by atoms with Crippen molar-refractivity contribution in [3.05, 3.63) is 212 Å². The van der Waals surface area contributed by atoms with E-state index in [1.165, 1.54) is 60.0 Å². The first-order chi connectivity index (χ1) is 29.3. The molecule has 3 heteroatoms. The monoisotopic (exact) mass is 749 g/mol. The van der Waals surface area contributed by atoms with E-state index in [0.29, 0.717) is 5.82 Å². The van der Waals surface area contributed by atoms with Crippen LogP contribution in [0.2, 0.25) is 0 Å². The molecule has 0 spiro atoms. The first-order valence-corrected chi connectivity index (χ1v) is 20.2. The summed E-state index contributed by atoms with van der Waals surface area (Å²) in [5, 5.41) is 10.8. The zero-order chi connectivity index (χ0) is 38.9. The maximum absolute atomic E-state index is 5.41. The van der Waals surface area contributed by atoms with Crippen LogP contribution in [0.3, 0.4) is 0 Å². The molecule has 0 aliphatic rings. The smallest absolute Gasteiger partial charge is 0.161 e. The van der Waals surface area contributed by atoms with Crippen LogP contribution in [-0.4, -0.2) is 14.5 Å². The van der Waals surface area contributed by atoms with Gasteiger partial charge in [0.25, 0.3) is 0 Å². The largest absolute Gasteiger partial charge is 0.309 e. The lowest BCUT2D eigenvalue weighted by molar-refractivity contribution is 1.20. The van der Waals surface area contributed by atoms with Crippen molar-refractivity contribution in [1.82, 2.24) is 14.5 Å². The van der Waals surface area contributed by atoms with Crippen LogP contribution in [0.1, 0.15) is 0 Å². The van der Waals surface area contributed by atoms with Crippen molar-refractivity contribution in [2.24, 2.45) is 0 Å². The van der Waals surface area contributed by atoms with Gasteiger partial charge in [0.2, 0.25) is 0 Å². The van der Waals surface area contributed by atoms with Crippen LogP contribution in [-0.2, 0) is 0 Å². The van der Waals surface area contributed by atoms with Crippen molar-refractivity contribution in [2.75, 3.05) is 0 Å². The normalized spacial score (nSPS) is 11.7. The lowest BCUT2D eigenvalue weighted by Gasteiger charge is -2.16. The molecule has 0 aliphatic heterocycles. The summed E-state index contributed by atoms with van der Waals surface area (Å²) < 4.78 is 2.49. The topological polar surface area (TPSA) is 30.7 Å². The quantitative estimate of drug-likeness (QED) is 0.175. The van der Waals surface area contributed by atoms with E-state index in [-0.39, 0.29) is 0 Å². The van der Waals surface area contributed by atoms with Crippen molar-refractivity contribution in [3.63, 3.8) is 0 Å². The maximum atomic E-state index is 5.41. The molecule has 274 valence electrons. The molecule has 0 bridgehead atoms. The molecular weight excluding hydrogens is 715 g/mol. The predicted octanol–water partition coefficient (Wildman–Crippen LogP) is 14.9. The van der Waals surface area contributed by atoms with Gasteiger partial charge in [-0.1, -0.05) is 182 Å². The Balaban J connectivity index is 1.13. The second kappa shape index (κ2) is 13.4.